The van der Waals surface area contributed by atoms with Crippen LogP contribution < -0.4 is 4.90 Å². The molecule has 0 saturated carbocycles. The van der Waals surface area contributed by atoms with Crippen molar-refractivity contribution < 1.29 is 4.79 Å². The Morgan fingerprint density at radius 3 is 2.54 bits per heavy atom. The minimum atomic E-state index is 0.116. The van der Waals surface area contributed by atoms with Crippen molar-refractivity contribution >= 4 is 33.8 Å². The van der Waals surface area contributed by atoms with Crippen molar-refractivity contribution in [3.05, 3.63) is 43.0 Å². The number of carbonyl (C=O) groups is 1. The van der Waals surface area contributed by atoms with Gasteiger partial charge in [-0.15, -0.1) is 0 Å². The second-order valence-electron chi connectivity index (χ2n) is 6.90. The summed E-state index contributed by atoms with van der Waals surface area (Å²) in [6, 6.07) is 5.97. The Hall–Kier alpha value is -3.55. The summed E-state index contributed by atoms with van der Waals surface area (Å²) in [7, 11) is 0. The summed E-state index contributed by atoms with van der Waals surface area (Å²) in [5.41, 5.74) is 3.53. The third kappa shape index (κ3) is 2.83. The Bertz CT molecular complexity index is 1160. The summed E-state index contributed by atoms with van der Waals surface area (Å²) in [5.74, 6) is 0.801. The number of pyridine rings is 2. The van der Waals surface area contributed by atoms with Gasteiger partial charge in [0.1, 0.15) is 5.65 Å². The van der Waals surface area contributed by atoms with Gasteiger partial charge >= 0.3 is 0 Å². The largest absolute Gasteiger partial charge is 0.339 e. The van der Waals surface area contributed by atoms with Gasteiger partial charge in [-0.05, 0) is 18.2 Å². The van der Waals surface area contributed by atoms with Gasteiger partial charge in [0.15, 0.2) is 0 Å². The summed E-state index contributed by atoms with van der Waals surface area (Å²) in [5, 5.41) is 2.11. The lowest BCUT2D eigenvalue weighted by atomic mass is 10.2. The number of nitrogens with one attached hydrogen (secondary N) is 1. The van der Waals surface area contributed by atoms with Crippen LogP contribution in [0.25, 0.3) is 33.2 Å². The molecule has 1 N–H and O–H groups in total. The molecule has 1 saturated heterocycles. The zero-order valence-corrected chi connectivity index (χ0v) is 15.5. The van der Waals surface area contributed by atoms with E-state index in [9.17, 15) is 4.79 Å². The van der Waals surface area contributed by atoms with Crippen LogP contribution in [-0.4, -0.2) is 61.9 Å². The van der Waals surface area contributed by atoms with Crippen molar-refractivity contribution in [2.45, 2.75) is 6.92 Å². The molecule has 0 atom stereocenters. The number of hydrogen-bond donors (Lipinski definition) is 1. The number of H-pyrrole nitrogens is 1. The highest BCUT2D eigenvalue weighted by Crippen LogP contribution is 2.26. The van der Waals surface area contributed by atoms with Crippen molar-refractivity contribution in [3.8, 4) is 11.3 Å². The zero-order chi connectivity index (χ0) is 19.1. The number of piperazine rings is 1. The van der Waals surface area contributed by atoms with Crippen LogP contribution in [0, 0.1) is 0 Å². The summed E-state index contributed by atoms with van der Waals surface area (Å²) >= 11 is 0. The number of nitrogens with zero attached hydrogens (tertiary/aromatic N) is 6. The molecule has 0 aromatic carbocycles. The van der Waals surface area contributed by atoms with E-state index in [-0.39, 0.29) is 5.91 Å². The van der Waals surface area contributed by atoms with Gasteiger partial charge in [-0.1, -0.05) is 0 Å². The van der Waals surface area contributed by atoms with Crippen LogP contribution in [-0.2, 0) is 4.79 Å². The maximum absolute atomic E-state index is 11.5. The van der Waals surface area contributed by atoms with E-state index in [1.54, 1.807) is 25.5 Å². The number of hydrogen-bond acceptors (Lipinski definition) is 6. The van der Waals surface area contributed by atoms with E-state index < -0.39 is 0 Å². The third-order valence-electron chi connectivity index (χ3n) is 5.20. The van der Waals surface area contributed by atoms with E-state index in [1.165, 1.54) is 0 Å². The van der Waals surface area contributed by atoms with Gasteiger partial charge in [0.05, 0.1) is 11.2 Å². The molecule has 0 bridgehead atoms. The highest BCUT2D eigenvalue weighted by atomic mass is 16.2. The molecule has 0 radical (unpaired) electrons. The van der Waals surface area contributed by atoms with Crippen LogP contribution in [0.4, 0.5) is 5.95 Å². The molecule has 5 heterocycles. The van der Waals surface area contributed by atoms with E-state index >= 15 is 0 Å². The lowest BCUT2D eigenvalue weighted by Crippen LogP contribution is -2.48. The Morgan fingerprint density at radius 1 is 1.00 bits per heavy atom. The molecule has 140 valence electrons. The first-order chi connectivity index (χ1) is 13.7. The van der Waals surface area contributed by atoms with Gasteiger partial charge in [0.2, 0.25) is 11.9 Å². The molecule has 1 amide bonds. The van der Waals surface area contributed by atoms with E-state index in [0.29, 0.717) is 19.0 Å². The molecular formula is C20H19N7O. The Balaban J connectivity index is 1.40. The van der Waals surface area contributed by atoms with Gasteiger partial charge < -0.3 is 14.8 Å². The van der Waals surface area contributed by atoms with E-state index in [0.717, 1.165) is 46.3 Å². The molecule has 4 aromatic heterocycles. The molecule has 8 heteroatoms. The minimum Gasteiger partial charge on any atom is -0.339 e. The molecule has 5 rings (SSSR count). The van der Waals surface area contributed by atoms with Crippen LogP contribution in [0.2, 0.25) is 0 Å². The highest BCUT2D eigenvalue weighted by Gasteiger charge is 2.20. The van der Waals surface area contributed by atoms with Gasteiger partial charge in [-0.3, -0.25) is 9.78 Å². The molecule has 1 fully saturated rings. The van der Waals surface area contributed by atoms with Crippen LogP contribution >= 0.6 is 0 Å². The molecule has 0 aliphatic carbocycles. The van der Waals surface area contributed by atoms with E-state index in [1.807, 2.05) is 29.3 Å². The number of rotatable bonds is 2. The molecule has 8 nitrogen and oxygen atoms in total. The average Bonchev–Trinajstić information content (AvgIpc) is 3.12. The Morgan fingerprint density at radius 2 is 1.79 bits per heavy atom. The zero-order valence-electron chi connectivity index (χ0n) is 15.5. The normalized spacial score (nSPS) is 14.8. The van der Waals surface area contributed by atoms with E-state index in [2.05, 4.69) is 24.8 Å². The molecule has 0 spiro atoms. The SMILES string of the molecule is CC(=O)N1CCN(c2ncc(-c3ccc4c(n3)[nH]c3ccncc34)cn2)CC1. The Labute approximate surface area is 161 Å². The minimum absolute atomic E-state index is 0.116. The number of aromatic amines is 1. The lowest BCUT2D eigenvalue weighted by Gasteiger charge is -2.34. The third-order valence-corrected chi connectivity index (χ3v) is 5.20. The number of amides is 1. The van der Waals surface area contributed by atoms with Crippen LogP contribution in [0.5, 0.6) is 0 Å². The van der Waals surface area contributed by atoms with Gasteiger partial charge in [-0.2, -0.15) is 0 Å². The quantitative estimate of drug-likeness (QED) is 0.579. The summed E-state index contributed by atoms with van der Waals surface area (Å²) in [6.45, 7) is 4.49. The smallest absolute Gasteiger partial charge is 0.225 e. The summed E-state index contributed by atoms with van der Waals surface area (Å²) < 4.78 is 0. The van der Waals surface area contributed by atoms with Crippen molar-refractivity contribution in [2.75, 3.05) is 31.1 Å². The van der Waals surface area contributed by atoms with Crippen molar-refractivity contribution in [1.29, 1.82) is 0 Å². The number of anilines is 1. The highest BCUT2D eigenvalue weighted by molar-refractivity contribution is 6.05. The van der Waals surface area contributed by atoms with Crippen LogP contribution in [0.1, 0.15) is 6.92 Å². The molecule has 4 aromatic rings. The summed E-state index contributed by atoms with van der Waals surface area (Å²) in [4.78, 5) is 36.7. The second kappa shape index (κ2) is 6.56. The molecular weight excluding hydrogens is 354 g/mol. The maximum Gasteiger partial charge on any atom is 0.225 e. The number of aromatic nitrogens is 5. The standard InChI is InChI=1S/C20H19N7O/c1-13(28)26-6-8-27(9-7-26)20-22-10-14(11-23-20)17-3-2-15-16-12-21-5-4-18(16)25-19(15)24-17/h2-5,10-12H,6-9H2,1H3,(H,24,25). The topological polar surface area (TPSA) is 90.9 Å². The van der Waals surface area contributed by atoms with Crippen LogP contribution in [0.3, 0.4) is 0 Å². The first kappa shape index (κ1) is 16.6. The van der Waals surface area contributed by atoms with Crippen LogP contribution in [0.15, 0.2) is 43.0 Å². The predicted octanol–water partition coefficient (Wildman–Crippen LogP) is 2.24. The van der Waals surface area contributed by atoms with Crippen molar-refractivity contribution in [2.24, 2.45) is 0 Å². The van der Waals surface area contributed by atoms with Gasteiger partial charge in [-0.25, -0.2) is 15.0 Å². The number of carbonyl (C=O) groups excluding carboxylic acids is 1. The predicted molar refractivity (Wildman–Crippen MR) is 107 cm³/mol. The maximum atomic E-state index is 11.5. The average molecular weight is 373 g/mol. The molecule has 28 heavy (non-hydrogen) atoms. The lowest BCUT2D eigenvalue weighted by molar-refractivity contribution is -0.129. The number of fused-ring (bicyclic) bond motifs is 3. The van der Waals surface area contributed by atoms with Crippen molar-refractivity contribution in [1.82, 2.24) is 29.8 Å². The summed E-state index contributed by atoms with van der Waals surface area (Å²) in [6.07, 6.45) is 7.22. The molecule has 1 aliphatic heterocycles. The molecule has 1 aliphatic rings. The van der Waals surface area contributed by atoms with Gasteiger partial charge in [0, 0.05) is 74.2 Å². The first-order valence-electron chi connectivity index (χ1n) is 9.24. The Kier molecular flexibility index (Phi) is 3.89. The molecule has 0 unspecified atom stereocenters. The van der Waals surface area contributed by atoms with Crippen molar-refractivity contribution in [3.63, 3.8) is 0 Å². The van der Waals surface area contributed by atoms with Gasteiger partial charge in [0.25, 0.3) is 0 Å². The fourth-order valence-electron chi connectivity index (χ4n) is 3.62. The van der Waals surface area contributed by atoms with E-state index in [4.69, 9.17) is 4.98 Å². The second-order valence-corrected chi connectivity index (χ2v) is 6.90. The first-order valence-corrected chi connectivity index (χ1v) is 9.24. The monoisotopic (exact) mass is 373 g/mol. The fourth-order valence-corrected chi connectivity index (χ4v) is 3.62. The fraction of sp³-hybridized carbons (Fsp3) is 0.250.